The Morgan fingerprint density at radius 3 is 2.88 bits per heavy atom. The van der Waals surface area contributed by atoms with Crippen LogP contribution in [0.3, 0.4) is 0 Å². The summed E-state index contributed by atoms with van der Waals surface area (Å²) in [6, 6.07) is 0. The van der Waals surface area contributed by atoms with Gasteiger partial charge in [0.15, 0.2) is 0 Å². The van der Waals surface area contributed by atoms with Gasteiger partial charge in [0.1, 0.15) is 4.88 Å². The number of carboxylic acids is 1. The Morgan fingerprint density at radius 2 is 2.38 bits per heavy atom. The molecule has 16 heavy (non-hydrogen) atoms. The van der Waals surface area contributed by atoms with Gasteiger partial charge in [-0.1, -0.05) is 4.49 Å². The summed E-state index contributed by atoms with van der Waals surface area (Å²) in [7, 11) is 0. The normalized spacial score (nSPS) is 24.7. The van der Waals surface area contributed by atoms with E-state index in [1.54, 1.807) is 11.8 Å². The first-order chi connectivity index (χ1) is 7.53. The van der Waals surface area contributed by atoms with Crippen LogP contribution in [0.1, 0.15) is 23.0 Å². The molecule has 86 valence electrons. The van der Waals surface area contributed by atoms with E-state index in [2.05, 4.69) is 9.59 Å². The van der Waals surface area contributed by atoms with Crippen LogP contribution >= 0.6 is 11.5 Å². The number of carboxylic acid groups (broad SMARTS) is 1. The van der Waals surface area contributed by atoms with E-state index in [1.165, 1.54) is 6.20 Å². The Kier molecular flexibility index (Phi) is 2.63. The lowest BCUT2D eigenvalue weighted by Gasteiger charge is -2.19. The van der Waals surface area contributed by atoms with Crippen molar-refractivity contribution in [3.63, 3.8) is 0 Å². The van der Waals surface area contributed by atoms with Crippen LogP contribution in [-0.2, 0) is 4.79 Å². The third-order valence-electron chi connectivity index (χ3n) is 2.85. The van der Waals surface area contributed by atoms with Gasteiger partial charge in [-0.15, -0.1) is 5.10 Å². The van der Waals surface area contributed by atoms with Crippen LogP contribution in [0.15, 0.2) is 6.20 Å². The van der Waals surface area contributed by atoms with Crippen molar-refractivity contribution in [1.82, 2.24) is 14.5 Å². The van der Waals surface area contributed by atoms with Gasteiger partial charge in [0, 0.05) is 13.1 Å². The number of aromatic nitrogens is 2. The molecule has 6 nitrogen and oxygen atoms in total. The van der Waals surface area contributed by atoms with Gasteiger partial charge in [-0.3, -0.25) is 9.59 Å². The van der Waals surface area contributed by atoms with Crippen LogP contribution in [0.4, 0.5) is 0 Å². The molecule has 1 amide bonds. The van der Waals surface area contributed by atoms with Crippen LogP contribution in [-0.4, -0.2) is 44.6 Å². The molecule has 0 aromatic carbocycles. The molecule has 1 atom stereocenters. The number of hydrogen-bond donors (Lipinski definition) is 1. The molecule has 1 saturated heterocycles. The molecule has 1 aliphatic heterocycles. The average Bonchev–Trinajstić information content (AvgIpc) is 2.85. The molecule has 0 spiro atoms. The monoisotopic (exact) mass is 241 g/mol. The van der Waals surface area contributed by atoms with Crippen molar-refractivity contribution in [2.24, 2.45) is 5.41 Å². The molecule has 1 unspecified atom stereocenters. The minimum atomic E-state index is -0.856. The van der Waals surface area contributed by atoms with Crippen molar-refractivity contribution in [2.45, 2.75) is 13.3 Å². The second-order valence-corrected chi connectivity index (χ2v) is 4.91. The SMILES string of the molecule is CC1(C(=O)O)CCN(C(=O)c2cnns2)C1. The van der Waals surface area contributed by atoms with Gasteiger partial charge in [0.2, 0.25) is 0 Å². The van der Waals surface area contributed by atoms with Crippen molar-refractivity contribution in [1.29, 1.82) is 0 Å². The van der Waals surface area contributed by atoms with Crippen molar-refractivity contribution in [2.75, 3.05) is 13.1 Å². The second-order valence-electron chi connectivity index (χ2n) is 4.12. The summed E-state index contributed by atoms with van der Waals surface area (Å²) in [5, 5.41) is 12.6. The van der Waals surface area contributed by atoms with Gasteiger partial charge in [0.05, 0.1) is 11.6 Å². The van der Waals surface area contributed by atoms with Crippen molar-refractivity contribution < 1.29 is 14.7 Å². The fraction of sp³-hybridized carbons (Fsp3) is 0.556. The highest BCUT2D eigenvalue weighted by molar-refractivity contribution is 7.07. The highest BCUT2D eigenvalue weighted by Crippen LogP contribution is 2.31. The molecule has 0 bridgehead atoms. The summed E-state index contributed by atoms with van der Waals surface area (Å²) in [5.41, 5.74) is -0.826. The molecule has 1 N–H and O–H groups in total. The topological polar surface area (TPSA) is 83.4 Å². The molecular formula is C9H11N3O3S. The zero-order chi connectivity index (χ0) is 11.8. The fourth-order valence-electron chi connectivity index (χ4n) is 1.73. The largest absolute Gasteiger partial charge is 0.481 e. The third-order valence-corrected chi connectivity index (χ3v) is 3.50. The first kappa shape index (κ1) is 11.0. The van der Waals surface area contributed by atoms with E-state index in [-0.39, 0.29) is 12.5 Å². The number of carbonyl (C=O) groups is 2. The molecule has 1 fully saturated rings. The van der Waals surface area contributed by atoms with Gasteiger partial charge in [-0.2, -0.15) is 0 Å². The minimum Gasteiger partial charge on any atom is -0.481 e. The molecule has 0 saturated carbocycles. The Balaban J connectivity index is 2.10. The second kappa shape index (κ2) is 3.82. The van der Waals surface area contributed by atoms with Crippen molar-refractivity contribution >= 4 is 23.4 Å². The summed E-state index contributed by atoms with van der Waals surface area (Å²) in [6.07, 6.45) is 1.89. The predicted octanol–water partition coefficient (Wildman–Crippen LogP) is 0.475. The van der Waals surface area contributed by atoms with Gasteiger partial charge < -0.3 is 10.0 Å². The number of likely N-dealkylation sites (tertiary alicyclic amines) is 1. The maximum absolute atomic E-state index is 11.9. The molecule has 2 heterocycles. The van der Waals surface area contributed by atoms with Gasteiger partial charge in [0.25, 0.3) is 5.91 Å². The smallest absolute Gasteiger partial charge is 0.311 e. The molecule has 7 heteroatoms. The Morgan fingerprint density at radius 1 is 1.62 bits per heavy atom. The van der Waals surface area contributed by atoms with E-state index in [0.717, 1.165) is 11.5 Å². The Labute approximate surface area is 96.0 Å². The van der Waals surface area contributed by atoms with E-state index >= 15 is 0 Å². The first-order valence-corrected chi connectivity index (χ1v) is 5.60. The summed E-state index contributed by atoms with van der Waals surface area (Å²) in [4.78, 5) is 24.9. The summed E-state index contributed by atoms with van der Waals surface area (Å²) in [5.74, 6) is -1.04. The molecule has 1 aliphatic rings. The lowest BCUT2D eigenvalue weighted by Crippen LogP contribution is -2.34. The highest BCUT2D eigenvalue weighted by Gasteiger charge is 2.42. The summed E-state index contributed by atoms with van der Waals surface area (Å²) < 4.78 is 3.61. The van der Waals surface area contributed by atoms with Gasteiger partial charge in [-0.25, -0.2) is 0 Å². The number of hydrogen-bond acceptors (Lipinski definition) is 5. The van der Waals surface area contributed by atoms with E-state index in [4.69, 9.17) is 5.11 Å². The number of amides is 1. The van der Waals surface area contributed by atoms with Crippen LogP contribution < -0.4 is 0 Å². The third kappa shape index (κ3) is 1.78. The first-order valence-electron chi connectivity index (χ1n) is 4.83. The molecule has 0 radical (unpaired) electrons. The lowest BCUT2D eigenvalue weighted by atomic mass is 9.90. The maximum Gasteiger partial charge on any atom is 0.311 e. The summed E-state index contributed by atoms with van der Waals surface area (Å²) in [6.45, 7) is 2.38. The van der Waals surface area contributed by atoms with E-state index in [9.17, 15) is 9.59 Å². The van der Waals surface area contributed by atoms with E-state index in [0.29, 0.717) is 17.8 Å². The molecule has 2 rings (SSSR count). The number of carbonyl (C=O) groups excluding carboxylic acids is 1. The molecule has 0 aliphatic carbocycles. The van der Waals surface area contributed by atoms with Crippen LogP contribution in [0.25, 0.3) is 0 Å². The van der Waals surface area contributed by atoms with Crippen LogP contribution in [0, 0.1) is 5.41 Å². The molecule has 1 aromatic heterocycles. The predicted molar refractivity (Wildman–Crippen MR) is 56.2 cm³/mol. The van der Waals surface area contributed by atoms with Crippen LogP contribution in [0.2, 0.25) is 0 Å². The standard InChI is InChI=1S/C9H11N3O3S/c1-9(8(14)15)2-3-12(5-9)7(13)6-4-10-11-16-6/h4H,2-3,5H2,1H3,(H,14,15). The van der Waals surface area contributed by atoms with Crippen molar-refractivity contribution in [3.8, 4) is 0 Å². The highest BCUT2D eigenvalue weighted by atomic mass is 32.1. The lowest BCUT2D eigenvalue weighted by molar-refractivity contribution is -0.147. The van der Waals surface area contributed by atoms with Gasteiger partial charge >= 0.3 is 5.97 Å². The fourth-order valence-corrected chi connectivity index (χ4v) is 2.21. The van der Waals surface area contributed by atoms with E-state index < -0.39 is 11.4 Å². The number of aliphatic carboxylic acids is 1. The van der Waals surface area contributed by atoms with Crippen molar-refractivity contribution in [3.05, 3.63) is 11.1 Å². The minimum absolute atomic E-state index is 0.181. The summed E-state index contributed by atoms with van der Waals surface area (Å²) >= 11 is 1.03. The Hall–Kier alpha value is -1.50. The van der Waals surface area contributed by atoms with E-state index in [1.807, 2.05) is 0 Å². The quantitative estimate of drug-likeness (QED) is 0.814. The molecule has 1 aromatic rings. The van der Waals surface area contributed by atoms with Gasteiger partial charge in [-0.05, 0) is 24.9 Å². The zero-order valence-electron chi connectivity index (χ0n) is 8.71. The maximum atomic E-state index is 11.9. The zero-order valence-corrected chi connectivity index (χ0v) is 9.53. The number of nitrogens with zero attached hydrogens (tertiary/aromatic N) is 3. The average molecular weight is 241 g/mol. The Bertz CT molecular complexity index is 420. The molecular weight excluding hydrogens is 230 g/mol. The number of rotatable bonds is 2. The van der Waals surface area contributed by atoms with Crippen LogP contribution in [0.5, 0.6) is 0 Å².